The second-order valence-electron chi connectivity index (χ2n) is 6.22. The first-order valence-electron chi connectivity index (χ1n) is 7.50. The van der Waals surface area contributed by atoms with Gasteiger partial charge in [-0.3, -0.25) is 4.72 Å². The van der Waals surface area contributed by atoms with Gasteiger partial charge in [0.05, 0.1) is 11.4 Å². The number of hydrogen-bond donors (Lipinski definition) is 1. The first-order chi connectivity index (χ1) is 9.96. The van der Waals surface area contributed by atoms with Gasteiger partial charge >= 0.3 is 0 Å². The van der Waals surface area contributed by atoms with Crippen molar-refractivity contribution in [3.8, 4) is 0 Å². The molecule has 1 N–H and O–H groups in total. The lowest BCUT2D eigenvalue weighted by Gasteiger charge is -2.13. The van der Waals surface area contributed by atoms with Crippen LogP contribution in [0.3, 0.4) is 0 Å². The molecule has 0 bridgehead atoms. The predicted octanol–water partition coefficient (Wildman–Crippen LogP) is 3.73. The summed E-state index contributed by atoms with van der Waals surface area (Å²) in [7, 11) is -3.28. The third kappa shape index (κ3) is 2.91. The van der Waals surface area contributed by atoms with Crippen molar-refractivity contribution >= 4 is 26.5 Å². The molecule has 0 aromatic heterocycles. The average molecular weight is 303 g/mol. The Morgan fingerprint density at radius 1 is 1.10 bits per heavy atom. The molecule has 0 radical (unpaired) electrons. The molecule has 0 aliphatic heterocycles. The van der Waals surface area contributed by atoms with Crippen molar-refractivity contribution in [1.29, 1.82) is 0 Å². The molecule has 4 heteroatoms. The van der Waals surface area contributed by atoms with Crippen molar-refractivity contribution < 1.29 is 8.42 Å². The second-order valence-corrected chi connectivity index (χ2v) is 8.06. The molecule has 2 aromatic carbocycles. The minimum Gasteiger partial charge on any atom is -0.283 e. The molecule has 3 nitrogen and oxygen atoms in total. The van der Waals surface area contributed by atoms with Gasteiger partial charge in [0.25, 0.3) is 0 Å². The second kappa shape index (κ2) is 5.34. The van der Waals surface area contributed by atoms with E-state index in [1.165, 1.54) is 16.5 Å². The number of rotatable bonds is 5. The summed E-state index contributed by atoms with van der Waals surface area (Å²) >= 11 is 0. The third-order valence-electron chi connectivity index (χ3n) is 4.11. The molecule has 1 aliphatic rings. The van der Waals surface area contributed by atoms with E-state index in [0.717, 1.165) is 18.2 Å². The van der Waals surface area contributed by atoms with Crippen LogP contribution >= 0.6 is 0 Å². The van der Waals surface area contributed by atoms with Crippen LogP contribution in [0.2, 0.25) is 0 Å². The predicted molar refractivity (Wildman–Crippen MR) is 88.2 cm³/mol. The molecular weight excluding hydrogens is 282 g/mol. The summed E-state index contributed by atoms with van der Waals surface area (Å²) in [5, 5.41) is 2.26. The van der Waals surface area contributed by atoms with E-state index in [1.807, 2.05) is 32.0 Å². The fraction of sp³-hybridized carbons (Fsp3) is 0.412. The Kier molecular flexibility index (Phi) is 3.66. The summed E-state index contributed by atoms with van der Waals surface area (Å²) in [5.41, 5.74) is 3.36. The molecule has 3 rings (SSSR count). The Morgan fingerprint density at radius 2 is 1.81 bits per heavy atom. The Labute approximate surface area is 126 Å². The van der Waals surface area contributed by atoms with Gasteiger partial charge in [-0.2, -0.15) is 0 Å². The van der Waals surface area contributed by atoms with Crippen LogP contribution in [0.4, 0.5) is 5.69 Å². The number of aryl methyl sites for hydroxylation is 2. The Morgan fingerprint density at radius 3 is 2.52 bits per heavy atom. The van der Waals surface area contributed by atoms with Crippen LogP contribution in [0.15, 0.2) is 30.3 Å². The van der Waals surface area contributed by atoms with Gasteiger partial charge in [-0.1, -0.05) is 38.1 Å². The van der Waals surface area contributed by atoms with Crippen molar-refractivity contribution in [1.82, 2.24) is 0 Å². The van der Waals surface area contributed by atoms with Crippen molar-refractivity contribution in [3.63, 3.8) is 0 Å². The summed E-state index contributed by atoms with van der Waals surface area (Å²) < 4.78 is 27.2. The molecule has 2 aromatic rings. The van der Waals surface area contributed by atoms with Crippen molar-refractivity contribution in [2.45, 2.75) is 33.1 Å². The quantitative estimate of drug-likeness (QED) is 0.915. The molecule has 21 heavy (non-hydrogen) atoms. The lowest BCUT2D eigenvalue weighted by Crippen LogP contribution is -2.18. The molecule has 0 saturated heterocycles. The molecule has 0 spiro atoms. The van der Waals surface area contributed by atoms with Crippen molar-refractivity contribution in [3.05, 3.63) is 41.5 Å². The summed E-state index contributed by atoms with van der Waals surface area (Å²) in [5.74, 6) is 0.558. The summed E-state index contributed by atoms with van der Waals surface area (Å²) in [6.45, 7) is 4.07. The molecule has 0 fully saturated rings. The van der Waals surface area contributed by atoms with E-state index < -0.39 is 10.0 Å². The highest BCUT2D eigenvalue weighted by atomic mass is 32.2. The summed E-state index contributed by atoms with van der Waals surface area (Å²) in [6.07, 6.45) is 2.78. The van der Waals surface area contributed by atoms with Crippen LogP contribution in [0.1, 0.15) is 31.4 Å². The first kappa shape index (κ1) is 14.4. The SMILES string of the molecule is CC(C)CCS(=O)(=O)Nc1ccc2c3c(cccc13)CC2. The zero-order valence-corrected chi connectivity index (χ0v) is 13.3. The van der Waals surface area contributed by atoms with Crippen LogP contribution < -0.4 is 4.72 Å². The van der Waals surface area contributed by atoms with Crippen LogP contribution in [0.25, 0.3) is 10.8 Å². The highest BCUT2D eigenvalue weighted by Crippen LogP contribution is 2.35. The van der Waals surface area contributed by atoms with Gasteiger partial charge in [-0.25, -0.2) is 8.42 Å². The molecule has 0 atom stereocenters. The maximum atomic E-state index is 12.2. The van der Waals surface area contributed by atoms with E-state index in [9.17, 15) is 8.42 Å². The standard InChI is InChI=1S/C17H21NO2S/c1-12(2)10-11-21(19,20)18-16-9-8-14-7-6-13-4-3-5-15(16)17(13)14/h3-5,8-9,12,18H,6-7,10-11H2,1-2H3. The maximum absolute atomic E-state index is 12.2. The summed E-state index contributed by atoms with van der Waals surface area (Å²) in [6, 6.07) is 10.1. The minimum absolute atomic E-state index is 0.174. The van der Waals surface area contributed by atoms with E-state index in [-0.39, 0.29) is 5.75 Å². The molecule has 0 amide bonds. The Bertz CT molecular complexity index is 768. The van der Waals surface area contributed by atoms with Gasteiger partial charge in [-0.05, 0) is 47.8 Å². The molecular formula is C17H21NO2S. The van der Waals surface area contributed by atoms with Crippen LogP contribution in [-0.4, -0.2) is 14.2 Å². The van der Waals surface area contributed by atoms with Gasteiger partial charge < -0.3 is 0 Å². The maximum Gasteiger partial charge on any atom is 0.232 e. The minimum atomic E-state index is -3.28. The summed E-state index contributed by atoms with van der Waals surface area (Å²) in [4.78, 5) is 0. The number of benzene rings is 2. The fourth-order valence-electron chi connectivity index (χ4n) is 2.95. The lowest BCUT2D eigenvalue weighted by atomic mass is 10.0. The number of anilines is 1. The smallest absolute Gasteiger partial charge is 0.232 e. The monoisotopic (exact) mass is 303 g/mol. The van der Waals surface area contributed by atoms with Gasteiger partial charge in [0.15, 0.2) is 0 Å². The molecule has 112 valence electrons. The van der Waals surface area contributed by atoms with Crippen LogP contribution in [-0.2, 0) is 22.9 Å². The van der Waals surface area contributed by atoms with E-state index in [4.69, 9.17) is 0 Å². The Hall–Kier alpha value is -1.55. The topological polar surface area (TPSA) is 46.2 Å². The number of nitrogens with one attached hydrogen (secondary N) is 1. The van der Waals surface area contributed by atoms with Gasteiger partial charge in [0.1, 0.15) is 0 Å². The van der Waals surface area contributed by atoms with Crippen LogP contribution in [0.5, 0.6) is 0 Å². The van der Waals surface area contributed by atoms with Crippen molar-refractivity contribution in [2.75, 3.05) is 10.5 Å². The molecule has 0 unspecified atom stereocenters. The van der Waals surface area contributed by atoms with E-state index in [2.05, 4.69) is 16.9 Å². The zero-order valence-electron chi connectivity index (χ0n) is 12.5. The van der Waals surface area contributed by atoms with Gasteiger partial charge in [-0.15, -0.1) is 0 Å². The first-order valence-corrected chi connectivity index (χ1v) is 9.15. The lowest BCUT2D eigenvalue weighted by molar-refractivity contribution is 0.578. The van der Waals surface area contributed by atoms with E-state index in [0.29, 0.717) is 18.0 Å². The number of sulfonamides is 1. The highest BCUT2D eigenvalue weighted by molar-refractivity contribution is 7.92. The fourth-order valence-corrected chi connectivity index (χ4v) is 4.34. The molecule has 0 heterocycles. The van der Waals surface area contributed by atoms with E-state index in [1.54, 1.807) is 0 Å². The highest BCUT2D eigenvalue weighted by Gasteiger charge is 2.18. The largest absolute Gasteiger partial charge is 0.283 e. The van der Waals surface area contributed by atoms with Crippen LogP contribution in [0, 0.1) is 5.92 Å². The van der Waals surface area contributed by atoms with E-state index >= 15 is 0 Å². The third-order valence-corrected chi connectivity index (χ3v) is 5.41. The normalized spacial score (nSPS) is 14.0. The molecule has 1 aliphatic carbocycles. The van der Waals surface area contributed by atoms with Gasteiger partial charge in [0, 0.05) is 5.39 Å². The zero-order chi connectivity index (χ0) is 15.0. The average Bonchev–Trinajstić information content (AvgIpc) is 2.85. The van der Waals surface area contributed by atoms with Crippen molar-refractivity contribution in [2.24, 2.45) is 5.92 Å². The Balaban J connectivity index is 1.96. The molecule has 0 saturated carbocycles. The number of hydrogen-bond acceptors (Lipinski definition) is 2. The van der Waals surface area contributed by atoms with Gasteiger partial charge in [0.2, 0.25) is 10.0 Å².